The number of anilines is 1. The molecule has 0 bridgehead atoms. The van der Waals surface area contributed by atoms with Gasteiger partial charge in [0, 0.05) is 29.4 Å². The lowest BCUT2D eigenvalue weighted by Gasteiger charge is -2.15. The Hall–Kier alpha value is -3.18. The first-order valence-corrected chi connectivity index (χ1v) is 10.1. The highest BCUT2D eigenvalue weighted by Crippen LogP contribution is 2.22. The topological polar surface area (TPSA) is 51.1 Å². The van der Waals surface area contributed by atoms with Crippen LogP contribution in [-0.2, 0) is 11.3 Å². The van der Waals surface area contributed by atoms with E-state index >= 15 is 0 Å². The van der Waals surface area contributed by atoms with Gasteiger partial charge in [-0.25, -0.2) is 4.39 Å². The van der Waals surface area contributed by atoms with Crippen molar-refractivity contribution in [3.8, 4) is 0 Å². The summed E-state index contributed by atoms with van der Waals surface area (Å²) in [4.78, 5) is 25.2. The van der Waals surface area contributed by atoms with E-state index in [4.69, 9.17) is 11.6 Å². The van der Waals surface area contributed by atoms with Crippen LogP contribution in [0.2, 0.25) is 5.02 Å². The van der Waals surface area contributed by atoms with Crippen molar-refractivity contribution in [3.63, 3.8) is 0 Å². The molecule has 4 nitrogen and oxygen atoms in total. The molecule has 1 aromatic heterocycles. The molecular formula is C24H20ClFN2O2. The van der Waals surface area contributed by atoms with E-state index in [2.05, 4.69) is 9.88 Å². The molecule has 3 aromatic carbocycles. The predicted octanol–water partition coefficient (Wildman–Crippen LogP) is 5.67. The summed E-state index contributed by atoms with van der Waals surface area (Å²) in [5, 5.41) is 4.05. The van der Waals surface area contributed by atoms with Crippen LogP contribution in [0.5, 0.6) is 0 Å². The van der Waals surface area contributed by atoms with Crippen LogP contribution in [0.15, 0.2) is 65.5 Å². The molecule has 0 saturated heterocycles. The zero-order valence-corrected chi connectivity index (χ0v) is 17.2. The molecule has 30 heavy (non-hydrogen) atoms. The van der Waals surface area contributed by atoms with Crippen molar-refractivity contribution >= 4 is 45.0 Å². The van der Waals surface area contributed by atoms with E-state index in [1.54, 1.807) is 0 Å². The largest absolute Gasteiger partial charge is 0.340 e. The van der Waals surface area contributed by atoms with E-state index < -0.39 is 5.82 Å². The summed E-state index contributed by atoms with van der Waals surface area (Å²) >= 11 is 5.76. The molecule has 1 heterocycles. The highest BCUT2D eigenvalue weighted by molar-refractivity contribution is 6.31. The number of nitrogens with one attached hydrogen (secondary N) is 1. The van der Waals surface area contributed by atoms with Gasteiger partial charge in [0.2, 0.25) is 5.91 Å². The van der Waals surface area contributed by atoms with E-state index in [-0.39, 0.29) is 22.8 Å². The van der Waals surface area contributed by atoms with Crippen molar-refractivity contribution in [1.82, 2.24) is 4.57 Å². The summed E-state index contributed by atoms with van der Waals surface area (Å²) in [6, 6.07) is 17.5. The maximum Gasteiger partial charge on any atom is 0.224 e. The van der Waals surface area contributed by atoms with E-state index in [9.17, 15) is 14.0 Å². The summed E-state index contributed by atoms with van der Waals surface area (Å²) in [6.45, 7) is 2.54. The fourth-order valence-electron chi connectivity index (χ4n) is 3.68. The minimum atomic E-state index is -0.526. The number of hydrogen-bond donors (Lipinski definition) is 1. The van der Waals surface area contributed by atoms with Crippen LogP contribution >= 0.6 is 11.6 Å². The number of rotatable bonds is 5. The molecule has 4 rings (SSSR count). The Bertz CT molecular complexity index is 1330. The normalized spacial score (nSPS) is 11.2. The number of carbonyl (C=O) groups is 1. The summed E-state index contributed by atoms with van der Waals surface area (Å²) in [6.07, 6.45) is 0.861. The quantitative estimate of drug-likeness (QED) is 0.421. The highest BCUT2D eigenvalue weighted by atomic mass is 35.5. The minimum absolute atomic E-state index is 0.0199. The Morgan fingerprint density at radius 1 is 1.03 bits per heavy atom. The molecule has 6 heteroatoms. The maximum absolute atomic E-state index is 13.3. The molecular weight excluding hydrogens is 403 g/mol. The van der Waals surface area contributed by atoms with Crippen LogP contribution in [0.25, 0.3) is 21.8 Å². The monoisotopic (exact) mass is 422 g/mol. The molecule has 0 saturated carbocycles. The molecule has 0 aliphatic heterocycles. The minimum Gasteiger partial charge on any atom is -0.340 e. The Balaban J connectivity index is 1.57. The van der Waals surface area contributed by atoms with Crippen LogP contribution in [0, 0.1) is 12.7 Å². The Kier molecular flexibility index (Phi) is 5.55. The highest BCUT2D eigenvalue weighted by Gasteiger charge is 2.12. The molecule has 0 spiro atoms. The molecule has 152 valence electrons. The Morgan fingerprint density at radius 3 is 2.60 bits per heavy atom. The first-order valence-electron chi connectivity index (χ1n) is 9.71. The van der Waals surface area contributed by atoms with Crippen molar-refractivity contribution in [2.45, 2.75) is 26.3 Å². The molecule has 0 unspecified atom stereocenters. The third-order valence-electron chi connectivity index (χ3n) is 5.12. The molecule has 0 atom stereocenters. The van der Waals surface area contributed by atoms with Crippen LogP contribution in [-0.4, -0.2) is 10.5 Å². The Morgan fingerprint density at radius 2 is 1.80 bits per heavy atom. The number of nitrogens with zero attached hydrogens (tertiary/aromatic N) is 1. The average molecular weight is 423 g/mol. The number of pyridine rings is 1. The van der Waals surface area contributed by atoms with E-state index in [0.717, 1.165) is 16.6 Å². The number of amides is 1. The number of fused-ring (bicyclic) bond motifs is 2. The molecule has 0 fully saturated rings. The second-order valence-corrected chi connectivity index (χ2v) is 7.71. The van der Waals surface area contributed by atoms with Crippen LogP contribution < -0.4 is 10.7 Å². The number of para-hydroxylation sites is 1. The number of halogens is 2. The number of benzene rings is 3. The van der Waals surface area contributed by atoms with Gasteiger partial charge in [-0.15, -0.1) is 0 Å². The molecule has 1 amide bonds. The van der Waals surface area contributed by atoms with Gasteiger partial charge in [-0.2, -0.15) is 0 Å². The predicted molar refractivity (Wildman–Crippen MR) is 120 cm³/mol. The molecule has 4 aromatic rings. The van der Waals surface area contributed by atoms with Gasteiger partial charge in [-0.05, 0) is 55.8 Å². The molecule has 0 radical (unpaired) electrons. The van der Waals surface area contributed by atoms with Crippen molar-refractivity contribution < 1.29 is 9.18 Å². The van der Waals surface area contributed by atoms with Gasteiger partial charge < -0.3 is 9.88 Å². The first kappa shape index (κ1) is 20.1. The lowest BCUT2D eigenvalue weighted by molar-refractivity contribution is -0.116. The fourth-order valence-corrected chi connectivity index (χ4v) is 3.86. The van der Waals surface area contributed by atoms with Gasteiger partial charge in [0.25, 0.3) is 0 Å². The van der Waals surface area contributed by atoms with Crippen LogP contribution in [0.3, 0.4) is 0 Å². The average Bonchev–Trinajstić information content (AvgIpc) is 2.73. The lowest BCUT2D eigenvalue weighted by Crippen LogP contribution is -2.15. The van der Waals surface area contributed by atoms with Crippen LogP contribution in [0.1, 0.15) is 18.4 Å². The zero-order valence-electron chi connectivity index (χ0n) is 16.4. The van der Waals surface area contributed by atoms with Crippen molar-refractivity contribution in [2.75, 3.05) is 5.32 Å². The SMILES string of the molecule is Cc1ccc2c(c1)c(=O)c1ccccc1n2CCCC(=O)Nc1ccc(F)c(Cl)c1. The molecule has 0 aliphatic rings. The second kappa shape index (κ2) is 8.28. The van der Waals surface area contributed by atoms with Crippen molar-refractivity contribution in [2.24, 2.45) is 0 Å². The molecule has 1 N–H and O–H groups in total. The van der Waals surface area contributed by atoms with E-state index in [1.165, 1.54) is 18.2 Å². The third kappa shape index (κ3) is 3.94. The smallest absolute Gasteiger partial charge is 0.224 e. The number of carbonyl (C=O) groups excluding carboxylic acids is 1. The van der Waals surface area contributed by atoms with Gasteiger partial charge in [-0.1, -0.05) is 35.4 Å². The van der Waals surface area contributed by atoms with Crippen LogP contribution in [0.4, 0.5) is 10.1 Å². The fraction of sp³-hybridized carbons (Fsp3) is 0.167. The van der Waals surface area contributed by atoms with Gasteiger partial charge in [0.15, 0.2) is 5.43 Å². The van der Waals surface area contributed by atoms with Gasteiger partial charge >= 0.3 is 0 Å². The maximum atomic E-state index is 13.3. The number of aryl methyl sites for hydroxylation is 2. The van der Waals surface area contributed by atoms with Gasteiger partial charge in [-0.3, -0.25) is 9.59 Å². The standard InChI is InChI=1S/C24H20ClFN2O2/c1-15-8-11-22-18(13-15)24(30)17-5-2-3-6-21(17)28(22)12-4-7-23(29)27-16-9-10-20(26)19(25)14-16/h2-3,5-6,8-11,13-14H,4,7,12H2,1H3,(H,27,29). The van der Waals surface area contributed by atoms with Gasteiger partial charge in [0.1, 0.15) is 5.82 Å². The number of aromatic nitrogens is 1. The molecule has 0 aliphatic carbocycles. The summed E-state index contributed by atoms with van der Waals surface area (Å²) in [5.41, 5.74) is 3.21. The first-order chi connectivity index (χ1) is 14.4. The summed E-state index contributed by atoms with van der Waals surface area (Å²) in [5.74, 6) is -0.704. The van der Waals surface area contributed by atoms with Crippen molar-refractivity contribution in [1.29, 1.82) is 0 Å². The summed E-state index contributed by atoms with van der Waals surface area (Å²) in [7, 11) is 0. The van der Waals surface area contributed by atoms with E-state index in [1.807, 2.05) is 49.4 Å². The third-order valence-corrected chi connectivity index (χ3v) is 5.41. The Labute approximate surface area is 177 Å². The lowest BCUT2D eigenvalue weighted by atomic mass is 10.1. The second-order valence-electron chi connectivity index (χ2n) is 7.30. The summed E-state index contributed by atoms with van der Waals surface area (Å²) < 4.78 is 15.4. The van der Waals surface area contributed by atoms with Crippen molar-refractivity contribution in [3.05, 3.63) is 87.3 Å². The number of hydrogen-bond acceptors (Lipinski definition) is 2. The van der Waals surface area contributed by atoms with Gasteiger partial charge in [0.05, 0.1) is 16.1 Å². The van der Waals surface area contributed by atoms with E-state index in [0.29, 0.717) is 29.4 Å². The zero-order chi connectivity index (χ0) is 21.3.